The molecule has 0 radical (unpaired) electrons. The van der Waals surface area contributed by atoms with Gasteiger partial charge in [0, 0.05) is 37.7 Å². The summed E-state index contributed by atoms with van der Waals surface area (Å²) in [5.41, 5.74) is 1.59. The van der Waals surface area contributed by atoms with Gasteiger partial charge in [-0.1, -0.05) is 36.0 Å². The summed E-state index contributed by atoms with van der Waals surface area (Å²) in [5.74, 6) is 0.726. The van der Waals surface area contributed by atoms with E-state index in [0.29, 0.717) is 40.9 Å². The van der Waals surface area contributed by atoms with Crippen molar-refractivity contribution in [3.63, 3.8) is 0 Å². The molecule has 0 bridgehead atoms. The molecule has 0 aliphatic carbocycles. The molecule has 35 heavy (non-hydrogen) atoms. The minimum absolute atomic E-state index is 0.170. The number of hydrogen-bond donors (Lipinski definition) is 1. The van der Waals surface area contributed by atoms with Crippen molar-refractivity contribution in [1.82, 2.24) is 29.9 Å². The molecule has 1 atom stereocenters. The van der Waals surface area contributed by atoms with Gasteiger partial charge >= 0.3 is 0 Å². The molecule has 180 valence electrons. The first-order valence-corrected chi connectivity index (χ1v) is 12.5. The van der Waals surface area contributed by atoms with Crippen LogP contribution in [0.1, 0.15) is 29.0 Å². The number of amides is 1. The second-order valence-electron chi connectivity index (χ2n) is 8.11. The van der Waals surface area contributed by atoms with Crippen LogP contribution in [-0.4, -0.2) is 55.5 Å². The lowest BCUT2D eigenvalue weighted by atomic mass is 10.1. The molecule has 2 aromatic carbocycles. The van der Waals surface area contributed by atoms with Gasteiger partial charge in [-0.15, -0.1) is 10.2 Å². The average Bonchev–Trinajstić information content (AvgIpc) is 3.66. The third kappa shape index (κ3) is 5.28. The number of para-hydroxylation sites is 2. The predicted octanol–water partition coefficient (Wildman–Crippen LogP) is 3.84. The van der Waals surface area contributed by atoms with Crippen LogP contribution in [0.2, 0.25) is 0 Å². The van der Waals surface area contributed by atoms with Gasteiger partial charge in [-0.05, 0) is 43.2 Å². The van der Waals surface area contributed by atoms with Crippen molar-refractivity contribution in [2.45, 2.75) is 30.5 Å². The van der Waals surface area contributed by atoms with Gasteiger partial charge in [-0.3, -0.25) is 9.36 Å². The molecule has 0 spiro atoms. The molecule has 4 aromatic rings. The van der Waals surface area contributed by atoms with E-state index in [2.05, 4.69) is 20.6 Å². The number of benzene rings is 2. The fraction of sp³-hybridized carbons (Fsp3) is 0.280. The highest BCUT2D eigenvalue weighted by atomic mass is 32.2. The van der Waals surface area contributed by atoms with E-state index in [1.807, 2.05) is 18.2 Å². The zero-order chi connectivity index (χ0) is 24.0. The zero-order valence-corrected chi connectivity index (χ0v) is 19.8. The van der Waals surface area contributed by atoms with E-state index in [-0.39, 0.29) is 17.8 Å². The van der Waals surface area contributed by atoms with Crippen LogP contribution in [0.4, 0.5) is 4.39 Å². The Morgan fingerprint density at radius 2 is 1.94 bits per heavy atom. The summed E-state index contributed by atoms with van der Waals surface area (Å²) in [7, 11) is 0. The third-order valence-electron chi connectivity index (χ3n) is 5.75. The molecule has 1 amide bonds. The van der Waals surface area contributed by atoms with Gasteiger partial charge in [0.05, 0.1) is 23.0 Å². The lowest BCUT2D eigenvalue weighted by molar-refractivity contribution is 0.0953. The summed E-state index contributed by atoms with van der Waals surface area (Å²) in [6.45, 7) is 1.09. The Labute approximate surface area is 206 Å². The number of rotatable bonds is 9. The molecule has 10 heteroatoms. The molecule has 1 saturated heterocycles. The van der Waals surface area contributed by atoms with Crippen molar-refractivity contribution in [3.05, 3.63) is 84.2 Å². The van der Waals surface area contributed by atoms with Gasteiger partial charge < -0.3 is 10.1 Å². The Balaban J connectivity index is 1.31. The van der Waals surface area contributed by atoms with E-state index in [0.717, 1.165) is 25.2 Å². The smallest absolute Gasteiger partial charge is 0.253 e. The number of halogens is 1. The predicted molar refractivity (Wildman–Crippen MR) is 131 cm³/mol. The summed E-state index contributed by atoms with van der Waals surface area (Å²) >= 11 is 1.51. The Morgan fingerprint density at radius 3 is 2.71 bits per heavy atom. The molecular weight excluding hydrogens is 467 g/mol. The Bertz CT molecular complexity index is 1290. The SMILES string of the molecule is O=C(NCCc1nnc(SCC2CCCO2)n1-c1ccccc1F)c1ccccc1-n1cccn1. The number of nitrogens with zero attached hydrogens (tertiary/aromatic N) is 5. The molecule has 1 aliphatic heterocycles. The zero-order valence-electron chi connectivity index (χ0n) is 19.0. The Kier molecular flexibility index (Phi) is 7.20. The van der Waals surface area contributed by atoms with Gasteiger partial charge in [0.15, 0.2) is 5.16 Å². The highest BCUT2D eigenvalue weighted by molar-refractivity contribution is 7.99. The van der Waals surface area contributed by atoms with Crippen LogP contribution in [0.3, 0.4) is 0 Å². The van der Waals surface area contributed by atoms with E-state index >= 15 is 0 Å². The second-order valence-corrected chi connectivity index (χ2v) is 9.09. The minimum Gasteiger partial charge on any atom is -0.377 e. The maximum atomic E-state index is 14.7. The molecule has 1 N–H and O–H groups in total. The lowest BCUT2D eigenvalue weighted by Crippen LogP contribution is -2.27. The van der Waals surface area contributed by atoms with Crippen molar-refractivity contribution >= 4 is 17.7 Å². The average molecular weight is 493 g/mol. The molecule has 1 aliphatic rings. The number of carbonyl (C=O) groups is 1. The summed E-state index contributed by atoms with van der Waals surface area (Å²) in [4.78, 5) is 12.9. The largest absolute Gasteiger partial charge is 0.377 e. The first-order chi connectivity index (χ1) is 17.2. The van der Waals surface area contributed by atoms with E-state index in [4.69, 9.17) is 4.74 Å². The van der Waals surface area contributed by atoms with E-state index < -0.39 is 0 Å². The molecule has 5 rings (SSSR count). The van der Waals surface area contributed by atoms with E-state index in [1.165, 1.54) is 17.8 Å². The number of nitrogens with one attached hydrogen (secondary N) is 1. The molecular formula is C25H25FN6O2S. The number of ether oxygens (including phenoxy) is 1. The quantitative estimate of drug-likeness (QED) is 0.358. The summed E-state index contributed by atoms with van der Waals surface area (Å²) < 4.78 is 23.8. The highest BCUT2D eigenvalue weighted by Gasteiger charge is 2.21. The summed E-state index contributed by atoms with van der Waals surface area (Å²) in [6, 6.07) is 15.6. The van der Waals surface area contributed by atoms with Crippen LogP contribution >= 0.6 is 11.8 Å². The van der Waals surface area contributed by atoms with Crippen molar-refractivity contribution in [2.75, 3.05) is 18.9 Å². The van der Waals surface area contributed by atoms with Crippen molar-refractivity contribution in [3.8, 4) is 11.4 Å². The highest BCUT2D eigenvalue weighted by Crippen LogP contribution is 2.27. The third-order valence-corrected chi connectivity index (χ3v) is 6.81. The van der Waals surface area contributed by atoms with Gasteiger partial charge in [-0.2, -0.15) is 5.10 Å². The summed E-state index contributed by atoms with van der Waals surface area (Å²) in [6.07, 6.45) is 6.08. The molecule has 0 saturated carbocycles. The van der Waals surface area contributed by atoms with Gasteiger partial charge in [0.25, 0.3) is 5.91 Å². The van der Waals surface area contributed by atoms with Crippen molar-refractivity contribution in [2.24, 2.45) is 0 Å². The van der Waals surface area contributed by atoms with Crippen molar-refractivity contribution in [1.29, 1.82) is 0 Å². The van der Waals surface area contributed by atoms with Crippen LogP contribution in [-0.2, 0) is 11.2 Å². The fourth-order valence-corrected chi connectivity index (χ4v) is 5.06. The standard InChI is InChI=1S/C25H25FN6O2S/c26-20-9-2-4-11-22(20)32-23(29-30-25(32)35-17-18-7-5-16-34-18)12-14-27-24(33)19-8-1-3-10-21(19)31-15-6-13-28-31/h1-4,6,8-11,13,15,18H,5,7,12,14,16-17H2,(H,27,33). The number of thioether (sulfide) groups is 1. The van der Waals surface area contributed by atoms with Crippen LogP contribution in [0.15, 0.2) is 72.1 Å². The van der Waals surface area contributed by atoms with Crippen LogP contribution in [0, 0.1) is 5.82 Å². The molecule has 2 aromatic heterocycles. The van der Waals surface area contributed by atoms with Crippen molar-refractivity contribution < 1.29 is 13.9 Å². The lowest BCUT2D eigenvalue weighted by Gasteiger charge is -2.13. The molecule has 1 unspecified atom stereocenters. The van der Waals surface area contributed by atoms with Gasteiger partial charge in [0.1, 0.15) is 11.6 Å². The molecule has 3 heterocycles. The molecule has 1 fully saturated rings. The summed E-state index contributed by atoms with van der Waals surface area (Å²) in [5, 5.41) is 16.4. The normalized spacial score (nSPS) is 15.4. The maximum absolute atomic E-state index is 14.7. The maximum Gasteiger partial charge on any atom is 0.253 e. The number of aromatic nitrogens is 5. The van der Waals surface area contributed by atoms with Crippen LogP contribution in [0.5, 0.6) is 0 Å². The first-order valence-electron chi connectivity index (χ1n) is 11.5. The van der Waals surface area contributed by atoms with Crippen LogP contribution < -0.4 is 5.32 Å². The first kappa shape index (κ1) is 23.3. The van der Waals surface area contributed by atoms with Gasteiger partial charge in [-0.25, -0.2) is 9.07 Å². The Hall–Kier alpha value is -3.50. The number of hydrogen-bond acceptors (Lipinski definition) is 6. The van der Waals surface area contributed by atoms with Crippen LogP contribution in [0.25, 0.3) is 11.4 Å². The fourth-order valence-electron chi connectivity index (χ4n) is 4.03. The minimum atomic E-state index is -0.357. The number of carbonyl (C=O) groups excluding carboxylic acids is 1. The van der Waals surface area contributed by atoms with Gasteiger partial charge in [0.2, 0.25) is 0 Å². The monoisotopic (exact) mass is 492 g/mol. The topological polar surface area (TPSA) is 86.9 Å². The second kappa shape index (κ2) is 10.8. The Morgan fingerprint density at radius 1 is 1.11 bits per heavy atom. The van der Waals surface area contributed by atoms with E-state index in [9.17, 15) is 9.18 Å². The van der Waals surface area contributed by atoms with E-state index in [1.54, 1.807) is 52.0 Å². The molecule has 8 nitrogen and oxygen atoms in total.